The second-order valence-electron chi connectivity index (χ2n) is 6.63. The van der Waals surface area contributed by atoms with Crippen LogP contribution in [0, 0.1) is 0 Å². The zero-order valence-electron chi connectivity index (χ0n) is 14.6. The lowest BCUT2D eigenvalue weighted by atomic mass is 10.1. The Morgan fingerprint density at radius 1 is 0.958 bits per heavy atom. The van der Waals surface area contributed by atoms with Crippen molar-refractivity contribution in [3.63, 3.8) is 0 Å². The van der Waals surface area contributed by atoms with Crippen LogP contribution in [0.3, 0.4) is 0 Å². The maximum Gasteiger partial charge on any atom is 0.220 e. The van der Waals surface area contributed by atoms with E-state index in [2.05, 4.69) is 25.1 Å². The molecule has 0 aliphatic rings. The lowest BCUT2D eigenvalue weighted by molar-refractivity contribution is 0.0983. The zero-order chi connectivity index (χ0) is 17.4. The Bertz CT molecular complexity index is 676. The molecule has 0 radical (unpaired) electrons. The number of carbonyl (C=O) groups is 1. The molecule has 2 aromatic carbocycles. The van der Waals surface area contributed by atoms with Crippen LogP contribution in [-0.2, 0) is 4.53 Å². The summed E-state index contributed by atoms with van der Waals surface area (Å²) in [6.45, 7) is 6.38. The van der Waals surface area contributed by atoms with E-state index in [1.54, 1.807) is 0 Å². The minimum atomic E-state index is -1.69. The van der Waals surface area contributed by atoms with Gasteiger partial charge < -0.3 is 4.53 Å². The zero-order valence-corrected chi connectivity index (χ0v) is 15.6. The van der Waals surface area contributed by atoms with Crippen LogP contribution in [0.4, 0.5) is 0 Å². The summed E-state index contributed by atoms with van der Waals surface area (Å²) in [7, 11) is -1.69. The van der Waals surface area contributed by atoms with Gasteiger partial charge in [0.2, 0.25) is 8.32 Å². The van der Waals surface area contributed by atoms with Gasteiger partial charge in [-0.3, -0.25) is 10.3 Å². The van der Waals surface area contributed by atoms with Crippen molar-refractivity contribution in [1.82, 2.24) is 5.48 Å². The van der Waals surface area contributed by atoms with E-state index in [4.69, 9.17) is 4.53 Å². The predicted octanol–water partition coefficient (Wildman–Crippen LogP) is 5.05. The summed E-state index contributed by atoms with van der Waals surface area (Å²) in [6.07, 6.45) is 3.19. The molecule has 0 aliphatic heterocycles. The van der Waals surface area contributed by atoms with E-state index in [1.165, 1.54) is 0 Å². The Balaban J connectivity index is 2.03. The van der Waals surface area contributed by atoms with Crippen LogP contribution in [0.25, 0.3) is 5.70 Å². The molecule has 2 rings (SSSR count). The number of Topliss-reactive ketones (excluding diaryl/α,β-unsaturated/α-hetero) is 1. The predicted molar refractivity (Wildman–Crippen MR) is 102 cm³/mol. The minimum absolute atomic E-state index is 0.158. The molecule has 4 heteroatoms. The number of hydroxylamine groups is 1. The molecule has 0 bridgehead atoms. The molecular formula is C20H25NO2Si. The third-order valence-electron chi connectivity index (χ3n) is 3.37. The molecule has 3 nitrogen and oxygen atoms in total. The maximum absolute atomic E-state index is 12.2. The summed E-state index contributed by atoms with van der Waals surface area (Å²) >= 11 is 0. The third-order valence-corrected chi connectivity index (χ3v) is 4.08. The summed E-state index contributed by atoms with van der Waals surface area (Å²) in [5.41, 5.74) is 5.84. The van der Waals surface area contributed by atoms with Crippen molar-refractivity contribution in [3.05, 3.63) is 77.9 Å². The summed E-state index contributed by atoms with van der Waals surface area (Å²) in [6, 6.07) is 19.5. The van der Waals surface area contributed by atoms with Crippen LogP contribution in [0.5, 0.6) is 0 Å². The average molecular weight is 340 g/mol. The van der Waals surface area contributed by atoms with Gasteiger partial charge in [-0.15, -0.1) is 0 Å². The number of allylic oxidation sites excluding steroid dienone is 1. The fourth-order valence-electron chi connectivity index (χ4n) is 2.16. The summed E-state index contributed by atoms with van der Waals surface area (Å²) < 4.78 is 5.82. The molecule has 0 saturated carbocycles. The van der Waals surface area contributed by atoms with Crippen molar-refractivity contribution < 1.29 is 9.32 Å². The topological polar surface area (TPSA) is 38.3 Å². The molecule has 0 spiro atoms. The molecule has 0 amide bonds. The molecule has 1 N–H and O–H groups in total. The highest BCUT2D eigenvalue weighted by Gasteiger charge is 2.16. The number of benzene rings is 2. The number of ketones is 1. The Kier molecular flexibility index (Phi) is 6.52. The van der Waals surface area contributed by atoms with Gasteiger partial charge in [0.15, 0.2) is 5.78 Å². The number of rotatable bonds is 8. The van der Waals surface area contributed by atoms with Crippen molar-refractivity contribution in [2.45, 2.75) is 32.5 Å². The molecule has 2 aromatic rings. The van der Waals surface area contributed by atoms with Gasteiger partial charge in [0.25, 0.3) is 0 Å². The van der Waals surface area contributed by atoms with Gasteiger partial charge >= 0.3 is 0 Å². The first-order valence-corrected chi connectivity index (χ1v) is 11.6. The lowest BCUT2D eigenvalue weighted by Crippen LogP contribution is -2.32. The van der Waals surface area contributed by atoms with Crippen LogP contribution < -0.4 is 5.48 Å². The van der Waals surface area contributed by atoms with Crippen molar-refractivity contribution in [2.75, 3.05) is 0 Å². The fourth-order valence-corrected chi connectivity index (χ4v) is 2.58. The van der Waals surface area contributed by atoms with Gasteiger partial charge in [0, 0.05) is 12.0 Å². The normalized spacial score (nSPS) is 12.0. The third kappa shape index (κ3) is 6.14. The molecule has 0 aromatic heterocycles. The Labute approximate surface area is 145 Å². The van der Waals surface area contributed by atoms with Crippen molar-refractivity contribution >= 4 is 19.8 Å². The summed E-state index contributed by atoms with van der Waals surface area (Å²) in [5.74, 6) is 0.158. The average Bonchev–Trinajstić information content (AvgIpc) is 2.58. The SMILES string of the molecule is C[Si](C)(C)ONC(=CCCC(=O)c1ccccc1)c1ccccc1. The van der Waals surface area contributed by atoms with E-state index in [0.717, 1.165) is 16.8 Å². The molecule has 0 heterocycles. The van der Waals surface area contributed by atoms with Gasteiger partial charge in [-0.25, -0.2) is 0 Å². The number of nitrogens with one attached hydrogen (secondary N) is 1. The monoisotopic (exact) mass is 339 g/mol. The molecule has 0 unspecified atom stereocenters. The highest BCUT2D eigenvalue weighted by atomic mass is 28.4. The van der Waals surface area contributed by atoms with Crippen LogP contribution >= 0.6 is 0 Å². The fraction of sp³-hybridized carbons (Fsp3) is 0.250. The van der Waals surface area contributed by atoms with Crippen LogP contribution in [0.2, 0.25) is 19.6 Å². The lowest BCUT2D eigenvalue weighted by Gasteiger charge is -2.20. The number of hydrogen-bond acceptors (Lipinski definition) is 3. The molecule has 0 atom stereocenters. The van der Waals surface area contributed by atoms with E-state index in [1.807, 2.05) is 66.7 Å². The molecule has 0 aliphatic carbocycles. The van der Waals surface area contributed by atoms with Crippen LogP contribution in [0.1, 0.15) is 28.8 Å². The van der Waals surface area contributed by atoms with Gasteiger partial charge in [-0.1, -0.05) is 66.7 Å². The first-order chi connectivity index (χ1) is 11.5. The van der Waals surface area contributed by atoms with Gasteiger partial charge in [0.1, 0.15) is 0 Å². The minimum Gasteiger partial charge on any atom is -0.323 e. The molecule has 24 heavy (non-hydrogen) atoms. The maximum atomic E-state index is 12.2. The summed E-state index contributed by atoms with van der Waals surface area (Å²) in [5, 5.41) is 0. The summed E-state index contributed by atoms with van der Waals surface area (Å²) in [4.78, 5) is 12.2. The smallest absolute Gasteiger partial charge is 0.220 e. The second-order valence-corrected chi connectivity index (χ2v) is 11.1. The van der Waals surface area contributed by atoms with E-state index in [9.17, 15) is 4.79 Å². The van der Waals surface area contributed by atoms with Crippen molar-refractivity contribution in [3.8, 4) is 0 Å². The Morgan fingerprint density at radius 2 is 1.50 bits per heavy atom. The first-order valence-electron chi connectivity index (χ1n) is 8.23. The first kappa shape index (κ1) is 18.2. The van der Waals surface area contributed by atoms with E-state index < -0.39 is 8.32 Å². The largest absolute Gasteiger partial charge is 0.323 e. The van der Waals surface area contributed by atoms with Gasteiger partial charge in [-0.2, -0.15) is 0 Å². The second kappa shape index (κ2) is 8.62. The molecule has 126 valence electrons. The Hall–Kier alpha value is -2.17. The van der Waals surface area contributed by atoms with Gasteiger partial charge in [-0.05, 0) is 31.6 Å². The highest BCUT2D eigenvalue weighted by Crippen LogP contribution is 2.15. The number of hydrogen-bond donors (Lipinski definition) is 1. The van der Waals surface area contributed by atoms with Crippen LogP contribution in [0.15, 0.2) is 66.7 Å². The van der Waals surface area contributed by atoms with E-state index in [0.29, 0.717) is 12.8 Å². The van der Waals surface area contributed by atoms with Crippen LogP contribution in [-0.4, -0.2) is 14.1 Å². The standard InChI is InChI=1S/C20H25NO2Si/c1-24(2,3)23-21-19(17-11-6-4-7-12-17)15-10-16-20(22)18-13-8-5-9-14-18/h4-9,11-15,21H,10,16H2,1-3H3. The Morgan fingerprint density at radius 3 is 2.04 bits per heavy atom. The van der Waals surface area contributed by atoms with Crippen molar-refractivity contribution in [1.29, 1.82) is 0 Å². The van der Waals surface area contributed by atoms with E-state index >= 15 is 0 Å². The number of carbonyl (C=O) groups excluding carboxylic acids is 1. The quantitative estimate of drug-likeness (QED) is 0.416. The molecule has 0 saturated heterocycles. The molecular weight excluding hydrogens is 314 g/mol. The van der Waals surface area contributed by atoms with E-state index in [-0.39, 0.29) is 5.78 Å². The highest BCUT2D eigenvalue weighted by molar-refractivity contribution is 6.69. The van der Waals surface area contributed by atoms with Gasteiger partial charge in [0.05, 0.1) is 5.70 Å². The van der Waals surface area contributed by atoms with Crippen molar-refractivity contribution in [2.24, 2.45) is 0 Å². The molecule has 0 fully saturated rings.